The number of ketones is 2. The van der Waals surface area contributed by atoms with Crippen molar-refractivity contribution in [1.29, 1.82) is 5.26 Å². The van der Waals surface area contributed by atoms with Crippen LogP contribution >= 0.6 is 0 Å². The number of nitriles is 1. The van der Waals surface area contributed by atoms with Crippen molar-refractivity contribution in [3.8, 4) is 6.07 Å². The Morgan fingerprint density at radius 2 is 1.90 bits per heavy atom. The highest BCUT2D eigenvalue weighted by Crippen LogP contribution is 2.56. The van der Waals surface area contributed by atoms with Gasteiger partial charge in [0.25, 0.3) is 0 Å². The molecule has 4 atom stereocenters. The third-order valence-electron chi connectivity index (χ3n) is 9.31. The van der Waals surface area contributed by atoms with Crippen LogP contribution in [0.4, 0.5) is 0 Å². The quantitative estimate of drug-likeness (QED) is 0.534. The molecule has 0 fully saturated rings. The summed E-state index contributed by atoms with van der Waals surface area (Å²) in [6.45, 7) is 9.63. The Bertz CT molecular complexity index is 1340. The van der Waals surface area contributed by atoms with Crippen molar-refractivity contribution in [2.45, 2.75) is 59.4 Å². The van der Waals surface area contributed by atoms with Crippen LogP contribution in [0.15, 0.2) is 39.5 Å². The number of fused-ring (bicyclic) bond motifs is 3. The topological polar surface area (TPSA) is 103 Å². The van der Waals surface area contributed by atoms with Gasteiger partial charge >= 0.3 is 0 Å². The van der Waals surface area contributed by atoms with E-state index in [0.29, 0.717) is 12.0 Å². The molecule has 4 rings (SSSR count). The van der Waals surface area contributed by atoms with Crippen LogP contribution in [0.3, 0.4) is 0 Å². The van der Waals surface area contributed by atoms with Gasteiger partial charge in [-0.1, -0.05) is 24.6 Å². The summed E-state index contributed by atoms with van der Waals surface area (Å²) in [6, 6.07) is 6.14. The van der Waals surface area contributed by atoms with E-state index in [9.17, 15) is 14.9 Å². The van der Waals surface area contributed by atoms with Gasteiger partial charge in [0.1, 0.15) is 0 Å². The molecule has 208 valence electrons. The number of carbonyl (C=O) groups is 2. The molecule has 39 heavy (non-hydrogen) atoms. The zero-order chi connectivity index (χ0) is 28.8. The fourth-order valence-electron chi connectivity index (χ4n) is 7.18. The highest BCUT2D eigenvalue weighted by atomic mass is 16.1. The van der Waals surface area contributed by atoms with Crippen LogP contribution in [0.2, 0.25) is 0 Å². The molecular weight excluding hydrogens is 486 g/mol. The normalized spacial score (nSPS) is 27.1. The lowest BCUT2D eigenvalue weighted by atomic mass is 9.51. The molecule has 0 heterocycles. The highest BCUT2D eigenvalue weighted by molar-refractivity contribution is 6.16. The second-order valence-electron chi connectivity index (χ2n) is 12.2. The van der Waals surface area contributed by atoms with Crippen molar-refractivity contribution in [2.24, 2.45) is 28.0 Å². The Morgan fingerprint density at radius 3 is 2.49 bits per heavy atom. The average molecular weight is 530 g/mol. The molecule has 0 saturated carbocycles. The summed E-state index contributed by atoms with van der Waals surface area (Å²) in [5, 5.41) is 9.98. The van der Waals surface area contributed by atoms with E-state index in [2.05, 4.69) is 38.1 Å². The Labute approximate surface area is 233 Å². The SMILES string of the molecule is CCCN=C(CCN(C)C)c1ccc(C)c2c1CC1C[C@H]3C(N(C)C)C(C#N)=C(N)C(=O)[C@@]3(C)C(C)=C1C2=O. The van der Waals surface area contributed by atoms with Gasteiger partial charge in [-0.15, -0.1) is 0 Å². The van der Waals surface area contributed by atoms with Gasteiger partial charge in [0, 0.05) is 36.4 Å². The number of aliphatic imine (C=N–C) groups is 1. The van der Waals surface area contributed by atoms with Crippen LogP contribution in [-0.4, -0.2) is 74.4 Å². The average Bonchev–Trinajstić information content (AvgIpc) is 2.88. The number of aryl methyl sites for hydroxylation is 1. The minimum atomic E-state index is -0.927. The van der Waals surface area contributed by atoms with E-state index >= 15 is 0 Å². The molecule has 3 aliphatic rings. The van der Waals surface area contributed by atoms with E-state index in [-0.39, 0.29) is 35.1 Å². The molecule has 0 spiro atoms. The Morgan fingerprint density at radius 1 is 1.21 bits per heavy atom. The molecule has 7 heteroatoms. The molecule has 2 N–H and O–H groups in total. The summed E-state index contributed by atoms with van der Waals surface area (Å²) in [5.41, 5.74) is 12.3. The van der Waals surface area contributed by atoms with Crippen molar-refractivity contribution in [2.75, 3.05) is 41.3 Å². The van der Waals surface area contributed by atoms with Crippen molar-refractivity contribution >= 4 is 17.3 Å². The Hall–Kier alpha value is -3.08. The number of nitrogens with zero attached hydrogens (tertiary/aromatic N) is 4. The molecule has 0 aromatic heterocycles. The predicted molar refractivity (Wildman–Crippen MR) is 156 cm³/mol. The van der Waals surface area contributed by atoms with Gasteiger partial charge in [-0.3, -0.25) is 14.6 Å². The molecule has 0 aliphatic heterocycles. The first-order valence-corrected chi connectivity index (χ1v) is 14.1. The van der Waals surface area contributed by atoms with Crippen LogP contribution in [0.5, 0.6) is 0 Å². The lowest BCUT2D eigenvalue weighted by Crippen LogP contribution is -2.57. The maximum absolute atomic E-state index is 14.4. The van der Waals surface area contributed by atoms with Gasteiger partial charge in [0.15, 0.2) is 11.6 Å². The van der Waals surface area contributed by atoms with Gasteiger partial charge in [-0.2, -0.15) is 5.26 Å². The van der Waals surface area contributed by atoms with E-state index < -0.39 is 5.41 Å². The van der Waals surface area contributed by atoms with Gasteiger partial charge in [-0.25, -0.2) is 0 Å². The van der Waals surface area contributed by atoms with Gasteiger partial charge < -0.3 is 15.5 Å². The number of benzene rings is 1. The molecule has 0 radical (unpaired) electrons. The number of Topliss-reactive ketones (excluding diaryl/α,β-unsaturated/α-hetero) is 2. The van der Waals surface area contributed by atoms with E-state index in [1.54, 1.807) is 0 Å². The van der Waals surface area contributed by atoms with Crippen LogP contribution in [0.1, 0.15) is 67.1 Å². The predicted octanol–water partition coefficient (Wildman–Crippen LogP) is 4.09. The maximum Gasteiger partial charge on any atom is 0.189 e. The van der Waals surface area contributed by atoms with Crippen LogP contribution in [-0.2, 0) is 11.2 Å². The molecule has 7 nitrogen and oxygen atoms in total. The molecule has 3 aliphatic carbocycles. The molecule has 0 saturated heterocycles. The fraction of sp³-hybridized carbons (Fsp3) is 0.562. The van der Waals surface area contributed by atoms with Crippen LogP contribution < -0.4 is 5.73 Å². The number of hydrogen-bond donors (Lipinski definition) is 1. The molecule has 0 bridgehead atoms. The second-order valence-corrected chi connectivity index (χ2v) is 12.2. The Kier molecular flexibility index (Phi) is 8.03. The third kappa shape index (κ3) is 4.58. The maximum atomic E-state index is 14.4. The van der Waals surface area contributed by atoms with E-state index in [1.165, 1.54) is 0 Å². The highest BCUT2D eigenvalue weighted by Gasteiger charge is 2.58. The smallest absolute Gasteiger partial charge is 0.189 e. The third-order valence-corrected chi connectivity index (χ3v) is 9.31. The first-order valence-electron chi connectivity index (χ1n) is 14.1. The molecule has 2 unspecified atom stereocenters. The van der Waals surface area contributed by atoms with Gasteiger partial charge in [-0.05, 0) is 96.8 Å². The fourth-order valence-corrected chi connectivity index (χ4v) is 7.18. The van der Waals surface area contributed by atoms with Crippen molar-refractivity contribution in [3.05, 3.63) is 56.8 Å². The van der Waals surface area contributed by atoms with Crippen molar-refractivity contribution < 1.29 is 9.59 Å². The number of hydrogen-bond acceptors (Lipinski definition) is 7. The first-order chi connectivity index (χ1) is 18.4. The summed E-state index contributed by atoms with van der Waals surface area (Å²) in [7, 11) is 8.00. The monoisotopic (exact) mass is 529 g/mol. The number of likely N-dealkylation sites (N-methyl/N-ethyl adjacent to an activating group) is 1. The van der Waals surface area contributed by atoms with Gasteiger partial charge in [0.05, 0.1) is 28.8 Å². The molecule has 0 amide bonds. The summed E-state index contributed by atoms with van der Waals surface area (Å²) in [4.78, 5) is 37.3. The van der Waals surface area contributed by atoms with E-state index in [0.717, 1.165) is 71.5 Å². The lowest BCUT2D eigenvalue weighted by molar-refractivity contribution is -0.128. The van der Waals surface area contributed by atoms with Crippen LogP contribution in [0.25, 0.3) is 0 Å². The number of nitrogens with two attached hydrogens (primary N) is 1. The summed E-state index contributed by atoms with van der Waals surface area (Å²) in [6.07, 6.45) is 3.15. The van der Waals surface area contributed by atoms with E-state index in [4.69, 9.17) is 10.7 Å². The number of rotatable bonds is 7. The zero-order valence-electron chi connectivity index (χ0n) is 24.8. The standard InChI is InChI=1S/C32H43N5O2/c1-9-13-35-25(12-14-36(5)6)21-11-10-18(2)26-22(21)15-20-16-24-29(37(7)8)23(17-33)28(34)31(39)32(24,4)19(3)27(20)30(26)38/h10-11,20,24,29H,9,12-16,34H2,1-8H3/t20?,24-,29?,32-/m0/s1. The summed E-state index contributed by atoms with van der Waals surface area (Å²) in [5.74, 6) is -0.380. The minimum absolute atomic E-state index is 0.0283. The molecule has 1 aromatic carbocycles. The van der Waals surface area contributed by atoms with Gasteiger partial charge in [0.2, 0.25) is 0 Å². The molecular formula is C32H43N5O2. The Balaban J connectivity index is 1.90. The second kappa shape index (κ2) is 10.8. The number of allylic oxidation sites excluding steroid dienone is 3. The summed E-state index contributed by atoms with van der Waals surface area (Å²) < 4.78 is 0. The largest absolute Gasteiger partial charge is 0.395 e. The molecule has 1 aromatic rings. The first kappa shape index (κ1) is 28.9. The van der Waals surface area contributed by atoms with Crippen molar-refractivity contribution in [1.82, 2.24) is 9.80 Å². The van der Waals surface area contributed by atoms with Crippen molar-refractivity contribution in [3.63, 3.8) is 0 Å². The zero-order valence-corrected chi connectivity index (χ0v) is 24.8. The van der Waals surface area contributed by atoms with Crippen LogP contribution in [0, 0.1) is 35.5 Å². The summed E-state index contributed by atoms with van der Waals surface area (Å²) >= 11 is 0. The minimum Gasteiger partial charge on any atom is -0.395 e. The number of carbonyl (C=O) groups excluding carboxylic acids is 2. The lowest BCUT2D eigenvalue weighted by Gasteiger charge is -2.53. The van der Waals surface area contributed by atoms with E-state index in [1.807, 2.05) is 45.8 Å².